The van der Waals surface area contributed by atoms with Crippen molar-refractivity contribution in [2.75, 3.05) is 12.3 Å². The zero-order valence-corrected chi connectivity index (χ0v) is 14.6. The Kier molecular flexibility index (Phi) is 4.76. The van der Waals surface area contributed by atoms with E-state index in [0.717, 1.165) is 40.7 Å². The Morgan fingerprint density at radius 3 is 2.83 bits per heavy atom. The summed E-state index contributed by atoms with van der Waals surface area (Å²) in [5, 5.41) is 6.43. The van der Waals surface area contributed by atoms with Crippen LogP contribution in [0.2, 0.25) is 0 Å². The van der Waals surface area contributed by atoms with Crippen LogP contribution in [-0.2, 0) is 6.42 Å². The lowest BCUT2D eigenvalue weighted by atomic mass is 10.0. The van der Waals surface area contributed by atoms with Gasteiger partial charge < -0.3 is 11.1 Å². The number of anilines is 1. The highest BCUT2D eigenvalue weighted by Gasteiger charge is 2.12. The van der Waals surface area contributed by atoms with Crippen molar-refractivity contribution in [3.8, 4) is 0 Å². The number of hydrogen-bond acceptors (Lipinski definition) is 5. The molecule has 0 aliphatic rings. The maximum Gasteiger partial charge on any atom is 0.252 e. The highest BCUT2D eigenvalue weighted by Crippen LogP contribution is 2.20. The molecule has 0 unspecified atom stereocenters. The topological polar surface area (TPSA) is 80.9 Å². The van der Waals surface area contributed by atoms with E-state index >= 15 is 0 Å². The third-order valence-corrected chi connectivity index (χ3v) is 4.52. The van der Waals surface area contributed by atoms with E-state index in [-0.39, 0.29) is 5.91 Å². The quantitative estimate of drug-likeness (QED) is 0.699. The van der Waals surface area contributed by atoms with Crippen LogP contribution in [0.1, 0.15) is 33.7 Å². The van der Waals surface area contributed by atoms with Crippen LogP contribution >= 0.6 is 11.3 Å². The average molecular weight is 340 g/mol. The number of nitrogen functional groups attached to an aromatic ring is 1. The number of amides is 1. The molecule has 6 heteroatoms. The van der Waals surface area contributed by atoms with Gasteiger partial charge in [-0.2, -0.15) is 0 Å². The summed E-state index contributed by atoms with van der Waals surface area (Å²) < 4.78 is 0. The number of benzene rings is 1. The van der Waals surface area contributed by atoms with Crippen LogP contribution in [0.25, 0.3) is 10.9 Å². The van der Waals surface area contributed by atoms with Crippen molar-refractivity contribution < 1.29 is 4.79 Å². The number of thiazole rings is 1. The van der Waals surface area contributed by atoms with E-state index in [0.29, 0.717) is 17.2 Å². The Morgan fingerprint density at radius 1 is 1.25 bits per heavy atom. The monoisotopic (exact) mass is 340 g/mol. The normalized spacial score (nSPS) is 10.9. The minimum absolute atomic E-state index is 0.0612. The maximum atomic E-state index is 12.6. The number of carbonyl (C=O) groups is 1. The van der Waals surface area contributed by atoms with Crippen LogP contribution in [0.15, 0.2) is 29.6 Å². The van der Waals surface area contributed by atoms with Crippen LogP contribution in [-0.4, -0.2) is 22.4 Å². The standard InChI is InChI=1S/C18H20N4OS/c1-11-5-6-16-14(8-11)15(9-12(2)21-16)17(23)20-7-3-4-13-10-24-18(19)22-13/h5-6,8-10H,3-4,7H2,1-2H3,(H2,19,22)(H,20,23). The first-order valence-corrected chi connectivity index (χ1v) is 8.77. The van der Waals surface area contributed by atoms with Crippen molar-refractivity contribution in [2.45, 2.75) is 26.7 Å². The van der Waals surface area contributed by atoms with Gasteiger partial charge in [-0.05, 0) is 44.9 Å². The third kappa shape index (κ3) is 3.71. The van der Waals surface area contributed by atoms with Gasteiger partial charge in [0.25, 0.3) is 5.91 Å². The van der Waals surface area contributed by atoms with Gasteiger partial charge in [0.05, 0.1) is 16.8 Å². The van der Waals surface area contributed by atoms with Crippen LogP contribution in [0.4, 0.5) is 5.13 Å². The SMILES string of the molecule is Cc1ccc2nc(C)cc(C(=O)NCCCc3csc(N)n3)c2c1. The number of nitrogens with one attached hydrogen (secondary N) is 1. The maximum absolute atomic E-state index is 12.6. The summed E-state index contributed by atoms with van der Waals surface area (Å²) in [6.07, 6.45) is 1.64. The molecular formula is C18H20N4OS. The molecule has 0 fully saturated rings. The van der Waals surface area contributed by atoms with Crippen molar-refractivity contribution in [1.29, 1.82) is 0 Å². The molecule has 3 aromatic rings. The lowest BCUT2D eigenvalue weighted by molar-refractivity contribution is 0.0954. The van der Waals surface area contributed by atoms with E-state index in [1.54, 1.807) is 0 Å². The van der Waals surface area contributed by atoms with E-state index in [1.807, 2.05) is 43.5 Å². The van der Waals surface area contributed by atoms with Gasteiger partial charge in [0.15, 0.2) is 5.13 Å². The lowest BCUT2D eigenvalue weighted by Crippen LogP contribution is -2.25. The number of aryl methyl sites for hydroxylation is 3. The second kappa shape index (κ2) is 6.97. The fraction of sp³-hybridized carbons (Fsp3) is 0.278. The van der Waals surface area contributed by atoms with Gasteiger partial charge in [0.2, 0.25) is 0 Å². The second-order valence-electron chi connectivity index (χ2n) is 5.87. The van der Waals surface area contributed by atoms with E-state index in [2.05, 4.69) is 15.3 Å². The summed E-state index contributed by atoms with van der Waals surface area (Å²) in [6, 6.07) is 7.82. The van der Waals surface area contributed by atoms with E-state index in [1.165, 1.54) is 11.3 Å². The summed E-state index contributed by atoms with van der Waals surface area (Å²) in [7, 11) is 0. The first kappa shape index (κ1) is 16.4. The van der Waals surface area contributed by atoms with Gasteiger partial charge in [0.1, 0.15) is 0 Å². The number of aromatic nitrogens is 2. The highest BCUT2D eigenvalue weighted by molar-refractivity contribution is 7.13. The Hall–Kier alpha value is -2.47. The molecule has 1 amide bonds. The molecule has 3 N–H and O–H groups in total. The molecule has 24 heavy (non-hydrogen) atoms. The molecule has 0 saturated heterocycles. The molecule has 5 nitrogen and oxygen atoms in total. The zero-order chi connectivity index (χ0) is 17.1. The number of nitrogens with two attached hydrogens (primary N) is 1. The van der Waals surface area contributed by atoms with Crippen molar-refractivity contribution >= 4 is 33.3 Å². The summed E-state index contributed by atoms with van der Waals surface area (Å²) >= 11 is 1.44. The van der Waals surface area contributed by atoms with Crippen LogP contribution in [0, 0.1) is 13.8 Å². The predicted molar refractivity (Wildman–Crippen MR) is 98.4 cm³/mol. The van der Waals surface area contributed by atoms with Gasteiger partial charge in [-0.3, -0.25) is 9.78 Å². The Balaban J connectivity index is 1.68. The molecular weight excluding hydrogens is 320 g/mol. The molecule has 1 aromatic carbocycles. The Morgan fingerprint density at radius 2 is 2.08 bits per heavy atom. The van der Waals surface area contributed by atoms with E-state index in [9.17, 15) is 4.79 Å². The van der Waals surface area contributed by atoms with Crippen LogP contribution in [0.3, 0.4) is 0 Å². The minimum Gasteiger partial charge on any atom is -0.375 e. The number of fused-ring (bicyclic) bond motifs is 1. The molecule has 0 bridgehead atoms. The molecule has 0 atom stereocenters. The molecule has 0 aliphatic heterocycles. The number of hydrogen-bond donors (Lipinski definition) is 2. The van der Waals surface area contributed by atoms with Crippen molar-refractivity contribution in [1.82, 2.24) is 15.3 Å². The highest BCUT2D eigenvalue weighted by atomic mass is 32.1. The van der Waals surface area contributed by atoms with Crippen molar-refractivity contribution in [2.24, 2.45) is 0 Å². The van der Waals surface area contributed by atoms with E-state index < -0.39 is 0 Å². The average Bonchev–Trinajstić information content (AvgIpc) is 2.96. The van der Waals surface area contributed by atoms with Crippen molar-refractivity contribution in [3.63, 3.8) is 0 Å². The first-order chi connectivity index (χ1) is 11.5. The number of nitrogens with zero attached hydrogens (tertiary/aromatic N) is 2. The lowest BCUT2D eigenvalue weighted by Gasteiger charge is -2.09. The summed E-state index contributed by atoms with van der Waals surface area (Å²) in [4.78, 5) is 21.3. The van der Waals surface area contributed by atoms with Crippen LogP contribution < -0.4 is 11.1 Å². The minimum atomic E-state index is -0.0612. The van der Waals surface area contributed by atoms with Gasteiger partial charge in [0, 0.05) is 23.0 Å². The molecule has 124 valence electrons. The summed E-state index contributed by atoms with van der Waals surface area (Å²) in [5.41, 5.74) is 10.1. The fourth-order valence-electron chi connectivity index (χ4n) is 2.66. The third-order valence-electron chi connectivity index (χ3n) is 3.80. The molecule has 0 radical (unpaired) electrons. The van der Waals surface area contributed by atoms with Crippen LogP contribution in [0.5, 0.6) is 0 Å². The fourth-order valence-corrected chi connectivity index (χ4v) is 3.26. The number of rotatable bonds is 5. The first-order valence-electron chi connectivity index (χ1n) is 7.89. The molecule has 0 saturated carbocycles. The molecule has 2 aromatic heterocycles. The van der Waals surface area contributed by atoms with Crippen molar-refractivity contribution in [3.05, 3.63) is 52.2 Å². The van der Waals surface area contributed by atoms with Gasteiger partial charge in [-0.25, -0.2) is 4.98 Å². The molecule has 0 aliphatic carbocycles. The van der Waals surface area contributed by atoms with E-state index in [4.69, 9.17) is 5.73 Å². The number of carbonyl (C=O) groups excluding carboxylic acids is 1. The smallest absolute Gasteiger partial charge is 0.252 e. The Labute approximate surface area is 144 Å². The summed E-state index contributed by atoms with van der Waals surface area (Å²) in [6.45, 7) is 4.52. The Bertz CT molecular complexity index is 888. The second-order valence-corrected chi connectivity index (χ2v) is 6.76. The van der Waals surface area contributed by atoms with Gasteiger partial charge >= 0.3 is 0 Å². The van der Waals surface area contributed by atoms with Gasteiger partial charge in [-0.1, -0.05) is 11.6 Å². The predicted octanol–water partition coefficient (Wildman–Crippen LogP) is 3.25. The number of pyridine rings is 1. The van der Waals surface area contributed by atoms with Gasteiger partial charge in [-0.15, -0.1) is 11.3 Å². The molecule has 3 rings (SSSR count). The largest absolute Gasteiger partial charge is 0.375 e. The summed E-state index contributed by atoms with van der Waals surface area (Å²) in [5.74, 6) is -0.0612. The molecule has 2 heterocycles. The molecule has 0 spiro atoms. The zero-order valence-electron chi connectivity index (χ0n) is 13.8.